The van der Waals surface area contributed by atoms with Crippen molar-refractivity contribution in [2.75, 3.05) is 13.1 Å². The summed E-state index contributed by atoms with van der Waals surface area (Å²) in [6, 6.07) is 4.64. The first-order chi connectivity index (χ1) is 13.2. The molecule has 1 saturated carbocycles. The second kappa shape index (κ2) is 6.19. The molecule has 3 amide bonds. The zero-order chi connectivity index (χ0) is 20.3. The number of piperidine rings is 1. The summed E-state index contributed by atoms with van der Waals surface area (Å²) in [6.45, 7) is 7.71. The Labute approximate surface area is 165 Å². The third-order valence-corrected chi connectivity index (χ3v) is 7.59. The van der Waals surface area contributed by atoms with Crippen molar-refractivity contribution in [2.24, 2.45) is 0 Å². The van der Waals surface area contributed by atoms with Crippen LogP contribution in [0.2, 0.25) is 0 Å². The number of amides is 3. The van der Waals surface area contributed by atoms with Gasteiger partial charge in [-0.05, 0) is 75.9 Å². The summed E-state index contributed by atoms with van der Waals surface area (Å²) in [5, 5.41) is 27.6. The summed E-state index contributed by atoms with van der Waals surface area (Å²) in [7, 11) is 0. The van der Waals surface area contributed by atoms with Crippen LogP contribution in [0.25, 0.3) is 0 Å². The second-order valence-electron chi connectivity index (χ2n) is 8.73. The molecule has 152 valence electrons. The van der Waals surface area contributed by atoms with Crippen LogP contribution in [0.1, 0.15) is 50.7 Å². The lowest BCUT2D eigenvalue weighted by atomic mass is 9.49. The summed E-state index contributed by atoms with van der Waals surface area (Å²) in [5.41, 5.74) is -0.997. The lowest BCUT2D eigenvalue weighted by Crippen LogP contribution is -2.73. The molecule has 2 heterocycles. The van der Waals surface area contributed by atoms with Crippen LogP contribution >= 0.6 is 0 Å². The van der Waals surface area contributed by atoms with Gasteiger partial charge in [-0.15, -0.1) is 0 Å². The fourth-order valence-electron chi connectivity index (χ4n) is 5.99. The van der Waals surface area contributed by atoms with Gasteiger partial charge >= 0.3 is 6.03 Å². The predicted molar refractivity (Wildman–Crippen MR) is 104 cm³/mol. The molecule has 3 fully saturated rings. The number of aryl methyl sites for hydroxylation is 1. The van der Waals surface area contributed by atoms with Crippen molar-refractivity contribution in [3.05, 3.63) is 29.3 Å². The van der Waals surface area contributed by atoms with Crippen molar-refractivity contribution in [3.8, 4) is 5.75 Å². The van der Waals surface area contributed by atoms with Gasteiger partial charge in [0, 0.05) is 11.5 Å². The smallest absolute Gasteiger partial charge is 0.322 e. The largest absolute Gasteiger partial charge is 0.508 e. The standard InChI is InChI=1S/C21H29N3O4/c1-4-24-10-9-19(16-11-15(25)6-5-13(16)2)12-20(17(26)22-18(27)23-20)7-8-21(19,28)14(24)3/h5-6,11,14,25,28H,4,7-10,12H2,1-3H3,(H2,22,23,26,27)/t14-,19-,20+,21-/m1/s1. The van der Waals surface area contributed by atoms with Crippen LogP contribution in [-0.4, -0.2) is 57.3 Å². The summed E-state index contributed by atoms with van der Waals surface area (Å²) in [6.07, 6.45) is 1.76. The van der Waals surface area contributed by atoms with E-state index in [9.17, 15) is 19.8 Å². The molecule has 0 radical (unpaired) electrons. The van der Waals surface area contributed by atoms with Gasteiger partial charge < -0.3 is 15.5 Å². The first-order valence-corrected chi connectivity index (χ1v) is 10.1. The van der Waals surface area contributed by atoms with Gasteiger partial charge in [0.15, 0.2) is 0 Å². The van der Waals surface area contributed by atoms with E-state index in [2.05, 4.69) is 22.5 Å². The first-order valence-electron chi connectivity index (χ1n) is 10.1. The number of carbonyl (C=O) groups is 2. The summed E-state index contributed by atoms with van der Waals surface area (Å²) >= 11 is 0. The van der Waals surface area contributed by atoms with E-state index < -0.39 is 22.6 Å². The van der Waals surface area contributed by atoms with Crippen molar-refractivity contribution < 1.29 is 19.8 Å². The molecule has 2 aliphatic heterocycles. The van der Waals surface area contributed by atoms with Gasteiger partial charge in [-0.2, -0.15) is 0 Å². The van der Waals surface area contributed by atoms with E-state index in [1.54, 1.807) is 12.1 Å². The van der Waals surface area contributed by atoms with Crippen molar-refractivity contribution in [1.82, 2.24) is 15.5 Å². The summed E-state index contributed by atoms with van der Waals surface area (Å²) < 4.78 is 0. The molecule has 0 bridgehead atoms. The topological polar surface area (TPSA) is 102 Å². The fourth-order valence-corrected chi connectivity index (χ4v) is 5.99. The number of nitrogens with zero attached hydrogens (tertiary/aromatic N) is 1. The van der Waals surface area contributed by atoms with Gasteiger partial charge in [0.1, 0.15) is 11.3 Å². The summed E-state index contributed by atoms with van der Waals surface area (Å²) in [5.74, 6) is -0.176. The number of hydrogen-bond acceptors (Lipinski definition) is 5. The number of phenols is 1. The zero-order valence-corrected chi connectivity index (χ0v) is 16.7. The number of imide groups is 1. The van der Waals surface area contributed by atoms with Crippen LogP contribution in [0.4, 0.5) is 4.79 Å². The molecule has 7 heteroatoms. The normalized spacial score (nSPS) is 38.2. The Morgan fingerprint density at radius 3 is 2.64 bits per heavy atom. The number of rotatable bonds is 2. The van der Waals surface area contributed by atoms with Crippen LogP contribution < -0.4 is 10.6 Å². The molecule has 4 atom stereocenters. The SMILES string of the molecule is CCN1CC[C@]2(c3cc(O)ccc3C)C[C@]3(CC[C@@]2(O)[C@H]1C)NC(=O)NC3=O. The molecule has 0 unspecified atom stereocenters. The van der Waals surface area contributed by atoms with Crippen molar-refractivity contribution in [1.29, 1.82) is 0 Å². The molecule has 0 aromatic heterocycles. The fraction of sp³-hybridized carbons (Fsp3) is 0.619. The minimum absolute atomic E-state index is 0.106. The van der Waals surface area contributed by atoms with Crippen molar-refractivity contribution in [2.45, 2.75) is 69.1 Å². The van der Waals surface area contributed by atoms with Gasteiger partial charge in [0.05, 0.1) is 5.60 Å². The highest BCUT2D eigenvalue weighted by atomic mass is 16.3. The molecule has 1 spiro atoms. The van der Waals surface area contributed by atoms with Gasteiger partial charge in [-0.3, -0.25) is 15.0 Å². The maximum atomic E-state index is 12.7. The molecule has 1 aliphatic carbocycles. The van der Waals surface area contributed by atoms with E-state index in [0.29, 0.717) is 25.7 Å². The maximum Gasteiger partial charge on any atom is 0.322 e. The Bertz CT molecular complexity index is 843. The van der Waals surface area contributed by atoms with E-state index in [4.69, 9.17) is 0 Å². The molecular formula is C21H29N3O4. The minimum Gasteiger partial charge on any atom is -0.508 e. The number of benzene rings is 1. The van der Waals surface area contributed by atoms with Crippen molar-refractivity contribution in [3.63, 3.8) is 0 Å². The molecular weight excluding hydrogens is 358 g/mol. The molecule has 4 rings (SSSR count). The number of likely N-dealkylation sites (N-methyl/N-ethyl adjacent to an activating group) is 1. The maximum absolute atomic E-state index is 12.7. The highest BCUT2D eigenvalue weighted by molar-refractivity contribution is 6.07. The van der Waals surface area contributed by atoms with Crippen LogP contribution in [0.15, 0.2) is 18.2 Å². The van der Waals surface area contributed by atoms with Crippen LogP contribution in [0.3, 0.4) is 0 Å². The van der Waals surface area contributed by atoms with E-state index in [1.807, 2.05) is 19.9 Å². The number of carbonyl (C=O) groups excluding carboxylic acids is 2. The van der Waals surface area contributed by atoms with E-state index in [-0.39, 0.29) is 17.7 Å². The second-order valence-corrected chi connectivity index (χ2v) is 8.73. The van der Waals surface area contributed by atoms with Crippen LogP contribution in [0, 0.1) is 6.92 Å². The Kier molecular flexibility index (Phi) is 4.25. The average molecular weight is 387 g/mol. The highest BCUT2D eigenvalue weighted by Gasteiger charge is 2.66. The highest BCUT2D eigenvalue weighted by Crippen LogP contribution is 2.57. The molecule has 2 saturated heterocycles. The van der Waals surface area contributed by atoms with E-state index in [1.165, 1.54) is 0 Å². The Morgan fingerprint density at radius 1 is 1.25 bits per heavy atom. The molecule has 1 aromatic rings. The number of aromatic hydroxyl groups is 1. The number of hydrogen-bond donors (Lipinski definition) is 4. The van der Waals surface area contributed by atoms with Gasteiger partial charge in [0.25, 0.3) is 5.91 Å². The minimum atomic E-state index is -1.07. The molecule has 7 nitrogen and oxygen atoms in total. The zero-order valence-electron chi connectivity index (χ0n) is 16.7. The van der Waals surface area contributed by atoms with Crippen LogP contribution in [-0.2, 0) is 10.2 Å². The van der Waals surface area contributed by atoms with Gasteiger partial charge in [-0.25, -0.2) is 4.79 Å². The predicted octanol–water partition coefficient (Wildman–Crippen LogP) is 1.55. The van der Waals surface area contributed by atoms with Crippen molar-refractivity contribution >= 4 is 11.9 Å². The Balaban J connectivity index is 1.90. The molecule has 1 aromatic carbocycles. The number of urea groups is 1. The summed E-state index contributed by atoms with van der Waals surface area (Å²) in [4.78, 5) is 26.9. The number of nitrogens with one attached hydrogen (secondary N) is 2. The monoisotopic (exact) mass is 387 g/mol. The number of fused-ring (bicyclic) bond motifs is 1. The first kappa shape index (κ1) is 19.2. The Hall–Kier alpha value is -2.12. The molecule has 3 aliphatic rings. The number of aliphatic hydroxyl groups is 1. The van der Waals surface area contributed by atoms with E-state index >= 15 is 0 Å². The van der Waals surface area contributed by atoms with Gasteiger partial charge in [-0.1, -0.05) is 13.0 Å². The average Bonchev–Trinajstić information content (AvgIpc) is 2.92. The quantitative estimate of drug-likeness (QED) is 0.577. The lowest BCUT2D eigenvalue weighted by Gasteiger charge is -2.62. The number of phenolic OH excluding ortho intramolecular Hbond substituents is 1. The Morgan fingerprint density at radius 2 is 2.00 bits per heavy atom. The third-order valence-electron chi connectivity index (χ3n) is 7.59. The number of likely N-dealkylation sites (tertiary alicyclic amines) is 1. The van der Waals surface area contributed by atoms with Crippen LogP contribution in [0.5, 0.6) is 5.75 Å². The van der Waals surface area contributed by atoms with Gasteiger partial charge in [0.2, 0.25) is 0 Å². The lowest BCUT2D eigenvalue weighted by molar-refractivity contribution is -0.169. The van der Waals surface area contributed by atoms with E-state index in [0.717, 1.165) is 24.2 Å². The molecule has 4 N–H and O–H groups in total. The molecule has 28 heavy (non-hydrogen) atoms. The third kappa shape index (κ3) is 2.42.